The summed E-state index contributed by atoms with van der Waals surface area (Å²) >= 11 is 0. The zero-order valence-electron chi connectivity index (χ0n) is 13.2. The van der Waals surface area contributed by atoms with Crippen LogP contribution in [0.5, 0.6) is 0 Å². The number of allylic oxidation sites excluding steroid dienone is 1. The third-order valence-electron chi connectivity index (χ3n) is 3.52. The van der Waals surface area contributed by atoms with Crippen molar-refractivity contribution in [2.45, 2.75) is 45.6 Å². The lowest BCUT2D eigenvalue weighted by Crippen LogP contribution is -2.23. The molecule has 0 saturated carbocycles. The standard InChI is InChI=1S/C17H29N3/c1-5-8-9-13-20(4)15-10-11-17(19-14-15)16(7-3)18-12-6-2/h5,10-11,14,16,18H,1,6-9,12-13H2,2-4H3. The largest absolute Gasteiger partial charge is 0.373 e. The third kappa shape index (κ3) is 5.33. The van der Waals surface area contributed by atoms with Gasteiger partial charge in [-0.2, -0.15) is 0 Å². The molecule has 1 N–H and O–H groups in total. The molecule has 3 heteroatoms. The van der Waals surface area contributed by atoms with Crippen molar-refractivity contribution in [3.63, 3.8) is 0 Å². The summed E-state index contributed by atoms with van der Waals surface area (Å²) in [5.74, 6) is 0. The molecule has 20 heavy (non-hydrogen) atoms. The molecule has 0 saturated heterocycles. The number of rotatable bonds is 10. The van der Waals surface area contributed by atoms with Crippen molar-refractivity contribution in [1.82, 2.24) is 10.3 Å². The Balaban J connectivity index is 2.59. The lowest BCUT2D eigenvalue weighted by atomic mass is 10.1. The van der Waals surface area contributed by atoms with Gasteiger partial charge in [0, 0.05) is 19.6 Å². The highest BCUT2D eigenvalue weighted by molar-refractivity contribution is 5.43. The van der Waals surface area contributed by atoms with Gasteiger partial charge < -0.3 is 10.2 Å². The second-order valence-corrected chi connectivity index (χ2v) is 5.21. The summed E-state index contributed by atoms with van der Waals surface area (Å²) < 4.78 is 0. The lowest BCUT2D eigenvalue weighted by molar-refractivity contribution is 0.507. The van der Waals surface area contributed by atoms with Gasteiger partial charge in [0.2, 0.25) is 0 Å². The van der Waals surface area contributed by atoms with Gasteiger partial charge in [-0.3, -0.25) is 4.98 Å². The third-order valence-corrected chi connectivity index (χ3v) is 3.52. The summed E-state index contributed by atoms with van der Waals surface area (Å²) in [6.07, 6.45) is 8.38. The summed E-state index contributed by atoms with van der Waals surface area (Å²) in [5, 5.41) is 3.54. The lowest BCUT2D eigenvalue weighted by Gasteiger charge is -2.20. The van der Waals surface area contributed by atoms with Crippen LogP contribution < -0.4 is 10.2 Å². The van der Waals surface area contributed by atoms with Gasteiger partial charge in [0.05, 0.1) is 17.6 Å². The molecular weight excluding hydrogens is 246 g/mol. The normalized spacial score (nSPS) is 12.2. The van der Waals surface area contributed by atoms with Crippen LogP contribution in [0.25, 0.3) is 0 Å². The molecule has 1 aromatic heterocycles. The highest BCUT2D eigenvalue weighted by Crippen LogP contribution is 2.18. The topological polar surface area (TPSA) is 28.2 Å². The average Bonchev–Trinajstić information content (AvgIpc) is 2.49. The average molecular weight is 275 g/mol. The number of anilines is 1. The maximum atomic E-state index is 4.63. The zero-order chi connectivity index (χ0) is 14.8. The van der Waals surface area contributed by atoms with Crippen molar-refractivity contribution in [1.29, 1.82) is 0 Å². The minimum absolute atomic E-state index is 0.370. The van der Waals surface area contributed by atoms with Crippen molar-refractivity contribution in [2.75, 3.05) is 25.0 Å². The quantitative estimate of drug-likeness (QED) is 0.518. The fraction of sp³-hybridized carbons (Fsp3) is 0.588. The first kappa shape index (κ1) is 16.7. The fourth-order valence-corrected chi connectivity index (χ4v) is 2.21. The molecule has 0 spiro atoms. The van der Waals surface area contributed by atoms with Crippen molar-refractivity contribution in [3.8, 4) is 0 Å². The molecule has 0 amide bonds. The predicted molar refractivity (Wildman–Crippen MR) is 88.3 cm³/mol. The molecule has 1 atom stereocenters. The van der Waals surface area contributed by atoms with E-state index < -0.39 is 0 Å². The maximum absolute atomic E-state index is 4.63. The minimum Gasteiger partial charge on any atom is -0.373 e. The molecule has 0 fully saturated rings. The summed E-state index contributed by atoms with van der Waals surface area (Å²) in [4.78, 5) is 6.88. The maximum Gasteiger partial charge on any atom is 0.0574 e. The first-order valence-electron chi connectivity index (χ1n) is 7.74. The second kappa shape index (κ2) is 9.54. The van der Waals surface area contributed by atoms with Crippen molar-refractivity contribution >= 4 is 5.69 Å². The number of aromatic nitrogens is 1. The van der Waals surface area contributed by atoms with Crippen LogP contribution in [-0.2, 0) is 0 Å². The van der Waals surface area contributed by atoms with Crippen LogP contribution in [0, 0.1) is 0 Å². The first-order valence-corrected chi connectivity index (χ1v) is 7.74. The molecule has 1 aromatic rings. The number of nitrogens with one attached hydrogen (secondary N) is 1. The van der Waals surface area contributed by atoms with Crippen LogP contribution in [0.1, 0.15) is 51.3 Å². The molecule has 1 heterocycles. The van der Waals surface area contributed by atoms with Crippen LogP contribution >= 0.6 is 0 Å². The van der Waals surface area contributed by atoms with Gasteiger partial charge in [-0.25, -0.2) is 0 Å². The number of hydrogen-bond acceptors (Lipinski definition) is 3. The fourth-order valence-electron chi connectivity index (χ4n) is 2.21. The summed E-state index contributed by atoms with van der Waals surface area (Å²) in [5.41, 5.74) is 2.33. The predicted octanol–water partition coefficient (Wildman–Crippen LogP) is 3.93. The van der Waals surface area contributed by atoms with E-state index in [4.69, 9.17) is 0 Å². The molecule has 112 valence electrons. The van der Waals surface area contributed by atoms with E-state index in [1.165, 1.54) is 5.69 Å². The van der Waals surface area contributed by atoms with Crippen molar-refractivity contribution in [2.24, 2.45) is 0 Å². The van der Waals surface area contributed by atoms with Gasteiger partial charge in [0.1, 0.15) is 0 Å². The highest BCUT2D eigenvalue weighted by Gasteiger charge is 2.10. The SMILES string of the molecule is C=CCCCN(C)c1ccc(C(CC)NCCC)nc1. The minimum atomic E-state index is 0.370. The Morgan fingerprint density at radius 1 is 1.40 bits per heavy atom. The first-order chi connectivity index (χ1) is 9.72. The Labute approximate surface area is 124 Å². The molecule has 1 unspecified atom stereocenters. The molecule has 0 aliphatic rings. The Kier molecular flexibility index (Phi) is 7.97. The van der Waals surface area contributed by atoms with Gasteiger partial charge in [0.25, 0.3) is 0 Å². The smallest absolute Gasteiger partial charge is 0.0574 e. The highest BCUT2D eigenvalue weighted by atomic mass is 15.1. The molecule has 0 aromatic carbocycles. The van der Waals surface area contributed by atoms with Gasteiger partial charge in [-0.15, -0.1) is 6.58 Å². The van der Waals surface area contributed by atoms with Gasteiger partial charge in [-0.1, -0.05) is 19.9 Å². The molecule has 3 nitrogen and oxygen atoms in total. The van der Waals surface area contributed by atoms with E-state index in [9.17, 15) is 0 Å². The van der Waals surface area contributed by atoms with E-state index >= 15 is 0 Å². The Hall–Kier alpha value is -1.35. The molecule has 0 radical (unpaired) electrons. The zero-order valence-corrected chi connectivity index (χ0v) is 13.2. The second-order valence-electron chi connectivity index (χ2n) is 5.21. The number of unbranched alkanes of at least 4 members (excludes halogenated alkanes) is 1. The summed E-state index contributed by atoms with van der Waals surface area (Å²) in [7, 11) is 2.12. The van der Waals surface area contributed by atoms with E-state index in [0.29, 0.717) is 6.04 Å². The van der Waals surface area contributed by atoms with E-state index in [1.54, 1.807) is 0 Å². The van der Waals surface area contributed by atoms with Gasteiger partial charge >= 0.3 is 0 Å². The van der Waals surface area contributed by atoms with Crippen LogP contribution in [0.2, 0.25) is 0 Å². The monoisotopic (exact) mass is 275 g/mol. The molecule has 0 aliphatic heterocycles. The van der Waals surface area contributed by atoms with E-state index in [1.807, 2.05) is 12.3 Å². The van der Waals surface area contributed by atoms with Crippen molar-refractivity contribution in [3.05, 3.63) is 36.7 Å². The van der Waals surface area contributed by atoms with Crippen molar-refractivity contribution < 1.29 is 0 Å². The van der Waals surface area contributed by atoms with E-state index in [2.05, 4.69) is 54.8 Å². The molecule has 1 rings (SSSR count). The summed E-state index contributed by atoms with van der Waals surface area (Å²) in [6, 6.07) is 4.69. The number of nitrogens with zero attached hydrogens (tertiary/aromatic N) is 2. The van der Waals surface area contributed by atoms with Crippen LogP contribution in [0.4, 0.5) is 5.69 Å². The van der Waals surface area contributed by atoms with Crippen LogP contribution in [0.15, 0.2) is 31.0 Å². The van der Waals surface area contributed by atoms with Gasteiger partial charge in [-0.05, 0) is 44.4 Å². The Morgan fingerprint density at radius 3 is 2.75 bits per heavy atom. The van der Waals surface area contributed by atoms with E-state index in [-0.39, 0.29) is 0 Å². The number of pyridine rings is 1. The van der Waals surface area contributed by atoms with Crippen LogP contribution in [0.3, 0.4) is 0 Å². The van der Waals surface area contributed by atoms with E-state index in [0.717, 1.165) is 44.5 Å². The Bertz CT molecular complexity index is 372. The van der Waals surface area contributed by atoms with Crippen LogP contribution in [-0.4, -0.2) is 25.1 Å². The van der Waals surface area contributed by atoms with Gasteiger partial charge in [0.15, 0.2) is 0 Å². The molecular formula is C17H29N3. The summed E-state index contributed by atoms with van der Waals surface area (Å²) in [6.45, 7) is 10.2. The Morgan fingerprint density at radius 2 is 2.20 bits per heavy atom. The molecule has 0 bridgehead atoms. The molecule has 0 aliphatic carbocycles. The number of hydrogen-bond donors (Lipinski definition) is 1.